The quantitative estimate of drug-likeness (QED) is 0.607. The number of likely N-dealkylation sites (tertiary alicyclic amines) is 1. The Kier molecular flexibility index (Phi) is 2.71. The first-order chi connectivity index (χ1) is 6.36. The Hall–Kier alpha value is -0.730. The third kappa shape index (κ3) is 2.14. The van der Waals surface area contributed by atoms with Gasteiger partial charge in [-0.05, 0) is 25.7 Å². The van der Waals surface area contributed by atoms with Gasteiger partial charge in [-0.15, -0.1) is 0 Å². The Bertz CT molecular complexity index is 181. The lowest BCUT2D eigenvalue weighted by atomic mass is 10.2. The van der Waals surface area contributed by atoms with Crippen LogP contribution in [0, 0.1) is 0 Å². The summed E-state index contributed by atoms with van der Waals surface area (Å²) in [6.45, 7) is 1.85. The van der Waals surface area contributed by atoms with Crippen LogP contribution in [0.2, 0.25) is 0 Å². The Morgan fingerprint density at radius 2 is 1.69 bits per heavy atom. The highest BCUT2D eigenvalue weighted by atomic mass is 16.2. The van der Waals surface area contributed by atoms with Crippen molar-refractivity contribution >= 4 is 6.03 Å². The zero-order valence-corrected chi connectivity index (χ0v) is 8.04. The minimum absolute atomic E-state index is 0.0457. The zero-order chi connectivity index (χ0) is 9.10. The molecule has 1 radical (unpaired) electrons. The standard InChI is InChI=1S/C10H17N2O/c13-10(12-7-3-4-8-12)11-9-5-1-2-6-9/h9H,1-8H2. The van der Waals surface area contributed by atoms with Crippen molar-refractivity contribution in [2.24, 2.45) is 0 Å². The van der Waals surface area contributed by atoms with E-state index in [0.29, 0.717) is 6.04 Å². The second-order valence-corrected chi connectivity index (χ2v) is 4.04. The van der Waals surface area contributed by atoms with E-state index in [4.69, 9.17) is 0 Å². The van der Waals surface area contributed by atoms with Crippen LogP contribution >= 0.6 is 0 Å². The molecule has 0 aromatic heterocycles. The first-order valence-corrected chi connectivity index (χ1v) is 5.36. The van der Waals surface area contributed by atoms with Gasteiger partial charge in [0.05, 0.1) is 6.04 Å². The molecular formula is C10H17N2O. The molecule has 0 atom stereocenters. The van der Waals surface area contributed by atoms with Gasteiger partial charge >= 0.3 is 6.03 Å². The van der Waals surface area contributed by atoms with Crippen LogP contribution in [0.1, 0.15) is 38.5 Å². The maximum absolute atomic E-state index is 11.6. The van der Waals surface area contributed by atoms with Gasteiger partial charge in [-0.1, -0.05) is 12.8 Å². The average molecular weight is 181 g/mol. The summed E-state index contributed by atoms with van der Waals surface area (Å²) in [5.74, 6) is 0. The van der Waals surface area contributed by atoms with Gasteiger partial charge in [0, 0.05) is 13.1 Å². The molecule has 2 fully saturated rings. The lowest BCUT2D eigenvalue weighted by Crippen LogP contribution is -2.37. The van der Waals surface area contributed by atoms with Crippen LogP contribution in [0.15, 0.2) is 0 Å². The van der Waals surface area contributed by atoms with Crippen molar-refractivity contribution in [3.63, 3.8) is 0 Å². The molecule has 0 bridgehead atoms. The van der Waals surface area contributed by atoms with Gasteiger partial charge in [-0.25, -0.2) is 10.1 Å². The topological polar surface area (TPSA) is 34.4 Å². The van der Waals surface area contributed by atoms with Crippen molar-refractivity contribution in [2.45, 2.75) is 44.6 Å². The molecule has 2 amide bonds. The minimum atomic E-state index is 0.0457. The van der Waals surface area contributed by atoms with E-state index in [1.807, 2.05) is 4.90 Å². The molecule has 1 aliphatic heterocycles. The maximum Gasteiger partial charge on any atom is 0.339 e. The number of hydrogen-bond acceptors (Lipinski definition) is 1. The highest BCUT2D eigenvalue weighted by Gasteiger charge is 2.24. The minimum Gasteiger partial charge on any atom is -0.323 e. The smallest absolute Gasteiger partial charge is 0.323 e. The summed E-state index contributed by atoms with van der Waals surface area (Å²) < 4.78 is 0. The van der Waals surface area contributed by atoms with Crippen molar-refractivity contribution < 1.29 is 4.79 Å². The molecule has 3 nitrogen and oxygen atoms in total. The van der Waals surface area contributed by atoms with Gasteiger partial charge in [0.1, 0.15) is 0 Å². The van der Waals surface area contributed by atoms with Gasteiger partial charge in [-0.3, -0.25) is 0 Å². The molecule has 1 saturated carbocycles. The second-order valence-electron chi connectivity index (χ2n) is 4.04. The molecule has 0 aromatic rings. The van der Waals surface area contributed by atoms with Crippen molar-refractivity contribution in [2.75, 3.05) is 13.1 Å². The van der Waals surface area contributed by atoms with E-state index in [-0.39, 0.29) is 6.03 Å². The van der Waals surface area contributed by atoms with Crippen LogP contribution in [-0.4, -0.2) is 30.1 Å². The summed E-state index contributed by atoms with van der Waals surface area (Å²) >= 11 is 0. The van der Waals surface area contributed by atoms with Crippen LogP contribution < -0.4 is 5.32 Å². The van der Waals surface area contributed by atoms with E-state index in [9.17, 15) is 4.79 Å². The largest absolute Gasteiger partial charge is 0.339 e. The van der Waals surface area contributed by atoms with Crippen molar-refractivity contribution in [3.8, 4) is 0 Å². The lowest BCUT2D eigenvalue weighted by molar-refractivity contribution is 0.203. The molecule has 2 rings (SSSR count). The van der Waals surface area contributed by atoms with Crippen LogP contribution in [-0.2, 0) is 0 Å². The second kappa shape index (κ2) is 3.99. The van der Waals surface area contributed by atoms with Crippen LogP contribution in [0.25, 0.3) is 0 Å². The molecule has 0 N–H and O–H groups in total. The van der Waals surface area contributed by atoms with Crippen molar-refractivity contribution in [1.29, 1.82) is 0 Å². The van der Waals surface area contributed by atoms with Crippen molar-refractivity contribution in [3.05, 3.63) is 0 Å². The van der Waals surface area contributed by atoms with Gasteiger partial charge in [0.2, 0.25) is 0 Å². The van der Waals surface area contributed by atoms with Crippen LogP contribution in [0.3, 0.4) is 0 Å². The van der Waals surface area contributed by atoms with E-state index in [2.05, 4.69) is 5.32 Å². The maximum atomic E-state index is 11.6. The highest BCUT2D eigenvalue weighted by Crippen LogP contribution is 2.19. The molecule has 0 spiro atoms. The molecule has 2 aliphatic rings. The fourth-order valence-corrected chi connectivity index (χ4v) is 2.18. The Morgan fingerprint density at radius 3 is 2.31 bits per heavy atom. The van der Waals surface area contributed by atoms with Crippen LogP contribution in [0.4, 0.5) is 4.79 Å². The Morgan fingerprint density at radius 1 is 1.08 bits per heavy atom. The molecule has 1 saturated heterocycles. The molecule has 0 aromatic carbocycles. The predicted octanol–water partition coefficient (Wildman–Crippen LogP) is 1.75. The first kappa shape index (κ1) is 8.85. The Balaban J connectivity index is 1.76. The zero-order valence-electron chi connectivity index (χ0n) is 8.04. The third-order valence-corrected chi connectivity index (χ3v) is 2.99. The summed E-state index contributed by atoms with van der Waals surface area (Å²) in [5, 5.41) is 4.24. The molecule has 1 heterocycles. The molecule has 13 heavy (non-hydrogen) atoms. The summed E-state index contributed by atoms with van der Waals surface area (Å²) in [5.41, 5.74) is 0. The monoisotopic (exact) mass is 181 g/mol. The fourth-order valence-electron chi connectivity index (χ4n) is 2.18. The molecule has 0 unspecified atom stereocenters. The van der Waals surface area contributed by atoms with Crippen molar-refractivity contribution in [1.82, 2.24) is 10.2 Å². The number of carbonyl (C=O) groups excluding carboxylic acids is 1. The summed E-state index contributed by atoms with van der Waals surface area (Å²) in [6, 6.07) is 0.387. The third-order valence-electron chi connectivity index (χ3n) is 2.99. The normalized spacial score (nSPS) is 23.8. The highest BCUT2D eigenvalue weighted by molar-refractivity contribution is 5.74. The first-order valence-electron chi connectivity index (χ1n) is 5.36. The van der Waals surface area contributed by atoms with Gasteiger partial charge in [0.15, 0.2) is 0 Å². The number of hydrogen-bond donors (Lipinski definition) is 0. The number of amides is 2. The molecule has 3 heteroatoms. The summed E-state index contributed by atoms with van der Waals surface area (Å²) in [6.07, 6.45) is 7.07. The fraction of sp³-hybridized carbons (Fsp3) is 0.900. The lowest BCUT2D eigenvalue weighted by Gasteiger charge is -2.17. The number of nitrogens with zero attached hydrogens (tertiary/aromatic N) is 2. The van der Waals surface area contributed by atoms with Gasteiger partial charge in [0.25, 0.3) is 0 Å². The predicted molar refractivity (Wildman–Crippen MR) is 50.6 cm³/mol. The molecule has 73 valence electrons. The summed E-state index contributed by atoms with van der Waals surface area (Å²) in [4.78, 5) is 13.4. The van der Waals surface area contributed by atoms with E-state index in [1.165, 1.54) is 12.8 Å². The van der Waals surface area contributed by atoms with Gasteiger partial charge < -0.3 is 4.90 Å². The Labute approximate surface area is 79.5 Å². The SMILES string of the molecule is O=C([N]C1CCCC1)N1CCCC1. The number of urea groups is 1. The van der Waals surface area contributed by atoms with E-state index in [0.717, 1.165) is 38.8 Å². The number of carbonyl (C=O) groups is 1. The molecule has 1 aliphatic carbocycles. The number of rotatable bonds is 1. The van der Waals surface area contributed by atoms with E-state index < -0.39 is 0 Å². The summed E-state index contributed by atoms with van der Waals surface area (Å²) in [7, 11) is 0. The molecular weight excluding hydrogens is 164 g/mol. The van der Waals surface area contributed by atoms with E-state index >= 15 is 0 Å². The van der Waals surface area contributed by atoms with Gasteiger partial charge in [-0.2, -0.15) is 0 Å². The average Bonchev–Trinajstić information content (AvgIpc) is 2.74. The van der Waals surface area contributed by atoms with Crippen LogP contribution in [0.5, 0.6) is 0 Å². The van der Waals surface area contributed by atoms with E-state index in [1.54, 1.807) is 0 Å².